The van der Waals surface area contributed by atoms with Crippen molar-refractivity contribution in [1.29, 1.82) is 0 Å². The van der Waals surface area contributed by atoms with Crippen molar-refractivity contribution in [1.82, 2.24) is 15.0 Å². The van der Waals surface area contributed by atoms with E-state index in [2.05, 4.69) is 25.6 Å². The van der Waals surface area contributed by atoms with E-state index in [4.69, 9.17) is 11.6 Å². The van der Waals surface area contributed by atoms with Crippen LogP contribution in [0.25, 0.3) is 10.2 Å². The Kier molecular flexibility index (Phi) is 4.76. The molecule has 140 valence electrons. The topological polar surface area (TPSA) is 106 Å². The van der Waals surface area contributed by atoms with Gasteiger partial charge in [-0.2, -0.15) is 0 Å². The number of hydrogen-bond donors (Lipinski definition) is 2. The lowest BCUT2D eigenvalue weighted by atomic mass is 10.2. The maximum absolute atomic E-state index is 11.7. The second kappa shape index (κ2) is 7.37. The van der Waals surface area contributed by atoms with Gasteiger partial charge in [-0.1, -0.05) is 35.1 Å². The Morgan fingerprint density at radius 2 is 1.89 bits per heavy atom. The number of thiazole rings is 1. The minimum Gasteiger partial charge on any atom is -0.334 e. The molecule has 2 N–H and O–H groups in total. The Hall–Kier alpha value is -3.30. The molecule has 0 unspecified atom stereocenters. The molecule has 8 nitrogen and oxygen atoms in total. The van der Waals surface area contributed by atoms with E-state index >= 15 is 0 Å². The van der Waals surface area contributed by atoms with Crippen LogP contribution in [0.15, 0.2) is 48.8 Å². The van der Waals surface area contributed by atoms with Crippen LogP contribution in [0.3, 0.4) is 0 Å². The number of benzene rings is 2. The van der Waals surface area contributed by atoms with Crippen molar-refractivity contribution in [3.63, 3.8) is 0 Å². The Morgan fingerprint density at radius 1 is 1.11 bits per heavy atom. The second-order valence-electron chi connectivity index (χ2n) is 5.93. The fraction of sp³-hybridized carbons (Fsp3) is 0.0556. The minimum absolute atomic E-state index is 0.0558. The van der Waals surface area contributed by atoms with Crippen LogP contribution >= 0.6 is 22.9 Å². The van der Waals surface area contributed by atoms with E-state index in [0.717, 1.165) is 15.8 Å². The van der Waals surface area contributed by atoms with Crippen molar-refractivity contribution in [2.45, 2.75) is 6.92 Å². The third-order valence-corrected chi connectivity index (χ3v) is 5.03. The van der Waals surface area contributed by atoms with Crippen LogP contribution < -0.4 is 10.6 Å². The molecule has 0 aliphatic heterocycles. The number of nitrogens with zero attached hydrogens (tertiary/aromatic N) is 4. The molecule has 2 aromatic carbocycles. The Balaban J connectivity index is 1.70. The van der Waals surface area contributed by atoms with Crippen molar-refractivity contribution >= 4 is 61.3 Å². The first-order valence-corrected chi connectivity index (χ1v) is 9.35. The van der Waals surface area contributed by atoms with Gasteiger partial charge in [-0.3, -0.25) is 10.1 Å². The first-order chi connectivity index (χ1) is 13.5. The van der Waals surface area contributed by atoms with Crippen LogP contribution in [0.1, 0.15) is 5.56 Å². The van der Waals surface area contributed by atoms with Gasteiger partial charge in [0.05, 0.1) is 15.1 Å². The number of halogens is 1. The van der Waals surface area contributed by atoms with Crippen molar-refractivity contribution in [3.05, 3.63) is 69.5 Å². The zero-order valence-corrected chi connectivity index (χ0v) is 16.1. The van der Waals surface area contributed by atoms with Crippen LogP contribution in [-0.2, 0) is 0 Å². The molecule has 0 aliphatic carbocycles. The highest BCUT2D eigenvalue weighted by Crippen LogP contribution is 2.35. The molecule has 0 saturated heterocycles. The summed E-state index contributed by atoms with van der Waals surface area (Å²) in [6.07, 6.45) is 1.25. The highest BCUT2D eigenvalue weighted by atomic mass is 35.5. The molecular formula is C18H13ClN6O2S. The number of aryl methyl sites for hydroxylation is 1. The van der Waals surface area contributed by atoms with Crippen LogP contribution in [0.5, 0.6) is 0 Å². The predicted molar refractivity (Wildman–Crippen MR) is 111 cm³/mol. The molecule has 0 spiro atoms. The molecule has 0 amide bonds. The standard InChI is InChI=1S/C18H13ClN6O2S/c1-10-5-6-13-14(7-10)28-18(23-13)24-17-15(25(26)27)16(20-9-21-17)22-12-4-2-3-11(19)8-12/h2-9H,1H3,(H2,20,21,22,23,24). The molecule has 0 atom stereocenters. The third-order valence-electron chi connectivity index (χ3n) is 3.86. The van der Waals surface area contributed by atoms with E-state index in [0.29, 0.717) is 15.8 Å². The largest absolute Gasteiger partial charge is 0.353 e. The first-order valence-electron chi connectivity index (χ1n) is 8.16. The van der Waals surface area contributed by atoms with Crippen molar-refractivity contribution in [3.8, 4) is 0 Å². The smallest absolute Gasteiger partial charge is 0.334 e. The lowest BCUT2D eigenvalue weighted by Crippen LogP contribution is -2.05. The number of fused-ring (bicyclic) bond motifs is 1. The molecule has 0 fully saturated rings. The quantitative estimate of drug-likeness (QED) is 0.332. The SMILES string of the molecule is Cc1ccc2nc(Nc3ncnc(Nc4cccc(Cl)c4)c3[N+](=O)[O-])sc2c1. The van der Waals surface area contributed by atoms with Crippen molar-refractivity contribution in [2.75, 3.05) is 10.6 Å². The Morgan fingerprint density at radius 3 is 2.64 bits per heavy atom. The van der Waals surface area contributed by atoms with E-state index in [1.807, 2.05) is 25.1 Å². The molecule has 0 aliphatic rings. The highest BCUT2D eigenvalue weighted by Gasteiger charge is 2.24. The first kappa shape index (κ1) is 18.1. The summed E-state index contributed by atoms with van der Waals surface area (Å²) in [5.74, 6) is 0.113. The Labute approximate surface area is 168 Å². The van der Waals surface area contributed by atoms with Gasteiger partial charge in [-0.05, 0) is 42.8 Å². The van der Waals surface area contributed by atoms with E-state index in [9.17, 15) is 10.1 Å². The van der Waals surface area contributed by atoms with Gasteiger partial charge in [0, 0.05) is 10.7 Å². The van der Waals surface area contributed by atoms with Crippen LogP contribution in [0.2, 0.25) is 5.02 Å². The highest BCUT2D eigenvalue weighted by molar-refractivity contribution is 7.22. The average molecular weight is 413 g/mol. The van der Waals surface area contributed by atoms with Gasteiger partial charge in [-0.25, -0.2) is 15.0 Å². The fourth-order valence-electron chi connectivity index (χ4n) is 2.62. The molecule has 10 heteroatoms. The van der Waals surface area contributed by atoms with E-state index in [1.165, 1.54) is 17.7 Å². The molecule has 2 aromatic heterocycles. The molecule has 28 heavy (non-hydrogen) atoms. The van der Waals surface area contributed by atoms with Gasteiger partial charge in [0.2, 0.25) is 11.6 Å². The summed E-state index contributed by atoms with van der Waals surface area (Å²) in [6.45, 7) is 2.00. The average Bonchev–Trinajstić information content (AvgIpc) is 3.03. The fourth-order valence-corrected chi connectivity index (χ4v) is 3.78. The summed E-state index contributed by atoms with van der Waals surface area (Å²) in [7, 11) is 0. The maximum Gasteiger partial charge on any atom is 0.353 e. The number of nitrogens with one attached hydrogen (secondary N) is 2. The molecular weight excluding hydrogens is 400 g/mol. The molecule has 0 bridgehead atoms. The summed E-state index contributed by atoms with van der Waals surface area (Å²) in [4.78, 5) is 23.7. The van der Waals surface area contributed by atoms with Gasteiger partial charge in [0.1, 0.15) is 6.33 Å². The predicted octanol–water partition coefficient (Wildman–Crippen LogP) is 5.44. The molecule has 4 aromatic rings. The van der Waals surface area contributed by atoms with Gasteiger partial charge >= 0.3 is 5.69 Å². The number of aromatic nitrogens is 3. The molecule has 0 radical (unpaired) electrons. The van der Waals surface area contributed by atoms with Crippen molar-refractivity contribution in [2.24, 2.45) is 0 Å². The second-order valence-corrected chi connectivity index (χ2v) is 7.39. The van der Waals surface area contributed by atoms with Gasteiger partial charge < -0.3 is 10.6 Å². The van der Waals surface area contributed by atoms with Crippen LogP contribution in [-0.4, -0.2) is 19.9 Å². The zero-order valence-electron chi connectivity index (χ0n) is 14.5. The van der Waals surface area contributed by atoms with E-state index in [1.54, 1.807) is 24.3 Å². The Bertz CT molecular complexity index is 1200. The van der Waals surface area contributed by atoms with Crippen LogP contribution in [0, 0.1) is 17.0 Å². The zero-order chi connectivity index (χ0) is 19.7. The van der Waals surface area contributed by atoms with Crippen molar-refractivity contribution < 1.29 is 4.92 Å². The van der Waals surface area contributed by atoms with Gasteiger partial charge in [0.25, 0.3) is 0 Å². The summed E-state index contributed by atoms with van der Waals surface area (Å²) in [6, 6.07) is 12.7. The van der Waals surface area contributed by atoms with Gasteiger partial charge in [-0.15, -0.1) is 0 Å². The summed E-state index contributed by atoms with van der Waals surface area (Å²) in [5, 5.41) is 18.6. The monoisotopic (exact) mass is 412 g/mol. The molecule has 4 rings (SSSR count). The van der Waals surface area contributed by atoms with Crippen LogP contribution in [0.4, 0.5) is 28.1 Å². The van der Waals surface area contributed by atoms with E-state index in [-0.39, 0.29) is 17.3 Å². The third kappa shape index (κ3) is 3.71. The summed E-state index contributed by atoms with van der Waals surface area (Å²) >= 11 is 7.37. The van der Waals surface area contributed by atoms with Gasteiger partial charge in [0.15, 0.2) is 5.13 Å². The number of nitro groups is 1. The summed E-state index contributed by atoms with van der Waals surface area (Å²) < 4.78 is 0.983. The number of hydrogen-bond acceptors (Lipinski definition) is 8. The lowest BCUT2D eigenvalue weighted by Gasteiger charge is -2.09. The maximum atomic E-state index is 11.7. The molecule has 2 heterocycles. The summed E-state index contributed by atoms with van der Waals surface area (Å²) in [5.41, 5.74) is 2.23. The molecule has 0 saturated carbocycles. The normalized spacial score (nSPS) is 10.8. The lowest BCUT2D eigenvalue weighted by molar-refractivity contribution is -0.383. The number of rotatable bonds is 5. The minimum atomic E-state index is -0.535. The number of anilines is 4. The van der Waals surface area contributed by atoms with E-state index < -0.39 is 4.92 Å².